The van der Waals surface area contributed by atoms with Crippen LogP contribution in [0.5, 0.6) is 11.5 Å². The van der Waals surface area contributed by atoms with E-state index in [4.69, 9.17) is 4.74 Å². The van der Waals surface area contributed by atoms with Gasteiger partial charge in [0.15, 0.2) is 5.75 Å². The first-order valence-electron chi connectivity index (χ1n) is 8.97. The average Bonchev–Trinajstić information content (AvgIpc) is 2.93. The van der Waals surface area contributed by atoms with Crippen LogP contribution in [0.3, 0.4) is 0 Å². The molecule has 1 N–H and O–H groups in total. The van der Waals surface area contributed by atoms with Crippen LogP contribution in [-0.2, 0) is 24.1 Å². The number of nitrogens with zero attached hydrogens (tertiary/aromatic N) is 2. The fourth-order valence-corrected chi connectivity index (χ4v) is 5.23. The van der Waals surface area contributed by atoms with Crippen molar-refractivity contribution in [2.24, 2.45) is 14.1 Å². The summed E-state index contributed by atoms with van der Waals surface area (Å²) in [6.07, 6.45) is 0. The van der Waals surface area contributed by atoms with Gasteiger partial charge in [-0.15, -0.1) is 0 Å². The maximum absolute atomic E-state index is 13.0. The molecule has 7 nitrogen and oxygen atoms in total. The number of hydrogen-bond donors (Lipinski definition) is 1. The van der Waals surface area contributed by atoms with Gasteiger partial charge in [-0.1, -0.05) is 30.3 Å². The Bertz CT molecular complexity index is 1410. The summed E-state index contributed by atoms with van der Waals surface area (Å²) in [5.41, 5.74) is 1.20. The number of anilines is 1. The van der Waals surface area contributed by atoms with E-state index in [1.807, 2.05) is 18.2 Å². The van der Waals surface area contributed by atoms with Crippen LogP contribution < -0.4 is 15.1 Å². The number of benzene rings is 3. The van der Waals surface area contributed by atoms with Crippen LogP contribution in [0.4, 0.5) is 5.69 Å². The Balaban J connectivity index is 1.88. The molecule has 30 heavy (non-hydrogen) atoms. The van der Waals surface area contributed by atoms with Crippen LogP contribution in [0.15, 0.2) is 80.9 Å². The third-order valence-corrected chi connectivity index (χ3v) is 7.09. The molecule has 0 spiro atoms. The highest BCUT2D eigenvalue weighted by atomic mass is 79.9. The molecule has 1 aromatic heterocycles. The monoisotopic (exact) mass is 487 g/mol. The summed E-state index contributed by atoms with van der Waals surface area (Å²) in [5.74, 6) is 0.824. The molecule has 9 heteroatoms. The highest BCUT2D eigenvalue weighted by Gasteiger charge is 2.21. The second-order valence-electron chi connectivity index (χ2n) is 6.69. The quantitative estimate of drug-likeness (QED) is 0.456. The number of halogens is 1. The lowest BCUT2D eigenvalue weighted by Crippen LogP contribution is -2.19. The summed E-state index contributed by atoms with van der Waals surface area (Å²) in [4.78, 5) is 12.5. The fraction of sp³-hybridized carbons (Fsp3) is 0.0952. The molecule has 0 aliphatic carbocycles. The molecular formula is C21H18BrN3O4S. The van der Waals surface area contributed by atoms with Gasteiger partial charge in [0.2, 0.25) is 0 Å². The number of fused-ring (bicyclic) bond motifs is 1. The van der Waals surface area contributed by atoms with E-state index in [1.165, 1.54) is 15.2 Å². The molecule has 1 heterocycles. The zero-order chi connectivity index (χ0) is 21.5. The lowest BCUT2D eigenvalue weighted by Gasteiger charge is -2.15. The smallest absolute Gasteiger partial charge is 0.328 e. The minimum atomic E-state index is -3.91. The van der Waals surface area contributed by atoms with Gasteiger partial charge in [0.1, 0.15) is 10.6 Å². The summed E-state index contributed by atoms with van der Waals surface area (Å²) in [7, 11) is -0.627. The van der Waals surface area contributed by atoms with E-state index in [0.717, 1.165) is 0 Å². The van der Waals surface area contributed by atoms with Crippen LogP contribution >= 0.6 is 15.9 Å². The fourth-order valence-electron chi connectivity index (χ4n) is 3.17. The van der Waals surface area contributed by atoms with E-state index in [2.05, 4.69) is 20.7 Å². The minimum absolute atomic E-state index is 0.0951. The molecule has 0 unspecified atom stereocenters. The lowest BCUT2D eigenvalue weighted by atomic mass is 10.2. The maximum atomic E-state index is 13.0. The Kier molecular flexibility index (Phi) is 5.17. The van der Waals surface area contributed by atoms with Crippen LogP contribution in [0.2, 0.25) is 0 Å². The summed E-state index contributed by atoms with van der Waals surface area (Å²) < 4.78 is 38.1. The number of rotatable bonds is 5. The molecule has 0 amide bonds. The summed E-state index contributed by atoms with van der Waals surface area (Å²) in [6, 6.07) is 18.8. The van der Waals surface area contributed by atoms with Gasteiger partial charge < -0.3 is 4.74 Å². The molecule has 0 aliphatic heterocycles. The van der Waals surface area contributed by atoms with Crippen LogP contribution in [0, 0.1) is 0 Å². The van der Waals surface area contributed by atoms with Crippen LogP contribution in [0.1, 0.15) is 0 Å². The van der Waals surface area contributed by atoms with Gasteiger partial charge in [0.05, 0.1) is 16.7 Å². The molecule has 0 aliphatic rings. The van der Waals surface area contributed by atoms with Gasteiger partial charge in [-0.25, -0.2) is 13.2 Å². The van der Waals surface area contributed by atoms with Crippen molar-refractivity contribution in [1.82, 2.24) is 9.13 Å². The van der Waals surface area contributed by atoms with Crippen molar-refractivity contribution >= 4 is 42.7 Å². The van der Waals surface area contributed by atoms with Gasteiger partial charge in [-0.3, -0.25) is 13.9 Å². The van der Waals surface area contributed by atoms with E-state index >= 15 is 0 Å². The Hall–Kier alpha value is -3.04. The molecule has 4 rings (SSSR count). The Morgan fingerprint density at radius 2 is 1.50 bits per heavy atom. The van der Waals surface area contributed by atoms with Crippen molar-refractivity contribution in [2.75, 3.05) is 4.72 Å². The molecule has 0 fully saturated rings. The van der Waals surface area contributed by atoms with E-state index in [-0.39, 0.29) is 22.0 Å². The molecule has 0 saturated carbocycles. The third-order valence-electron chi connectivity index (χ3n) is 4.71. The van der Waals surface area contributed by atoms with Gasteiger partial charge in [0.25, 0.3) is 10.0 Å². The number of ether oxygens (including phenoxy) is 1. The Morgan fingerprint density at radius 1 is 0.900 bits per heavy atom. The second-order valence-corrected chi connectivity index (χ2v) is 9.19. The number of hydrogen-bond acceptors (Lipinski definition) is 4. The third kappa shape index (κ3) is 3.61. The number of para-hydroxylation sites is 1. The lowest BCUT2D eigenvalue weighted by molar-refractivity contribution is 0.485. The van der Waals surface area contributed by atoms with E-state index < -0.39 is 10.0 Å². The number of sulfonamides is 1. The number of aryl methyl sites for hydroxylation is 2. The molecular weight excluding hydrogens is 470 g/mol. The summed E-state index contributed by atoms with van der Waals surface area (Å²) >= 11 is 3.28. The van der Waals surface area contributed by atoms with Crippen molar-refractivity contribution in [2.45, 2.75) is 4.90 Å². The minimum Gasteiger partial charge on any atom is -0.455 e. The van der Waals surface area contributed by atoms with Crippen LogP contribution in [0.25, 0.3) is 11.0 Å². The first kappa shape index (κ1) is 20.2. The molecule has 0 saturated heterocycles. The van der Waals surface area contributed by atoms with Crippen molar-refractivity contribution in [3.8, 4) is 11.5 Å². The molecule has 0 bridgehead atoms. The highest BCUT2D eigenvalue weighted by molar-refractivity contribution is 9.10. The predicted octanol–water partition coefficient (Wildman–Crippen LogP) is 4.23. The van der Waals surface area contributed by atoms with E-state index in [1.54, 1.807) is 56.6 Å². The highest BCUT2D eigenvalue weighted by Crippen LogP contribution is 2.35. The Labute approximate surface area is 181 Å². The number of aromatic nitrogens is 2. The van der Waals surface area contributed by atoms with Gasteiger partial charge in [0, 0.05) is 24.6 Å². The SMILES string of the molecule is Cn1c(=O)n(C)c2cc(Oc3ccccc3)c(NS(=O)(=O)c3ccccc3Br)cc21. The van der Waals surface area contributed by atoms with Crippen LogP contribution in [-0.4, -0.2) is 17.6 Å². The average molecular weight is 488 g/mol. The van der Waals surface area contributed by atoms with Crippen molar-refractivity contribution in [1.29, 1.82) is 0 Å². The Morgan fingerprint density at radius 3 is 2.17 bits per heavy atom. The molecule has 3 aromatic carbocycles. The first-order chi connectivity index (χ1) is 14.3. The summed E-state index contributed by atoms with van der Waals surface area (Å²) in [5, 5.41) is 0. The number of nitrogens with one attached hydrogen (secondary N) is 1. The maximum Gasteiger partial charge on any atom is 0.328 e. The standard InChI is InChI=1S/C21H18BrN3O4S/c1-24-17-12-16(23-30(27,28)20-11-7-6-10-15(20)22)19(13-18(17)25(2)21(24)26)29-14-8-4-3-5-9-14/h3-13,23H,1-2H3. The topological polar surface area (TPSA) is 82.3 Å². The van der Waals surface area contributed by atoms with Gasteiger partial charge in [-0.2, -0.15) is 0 Å². The molecule has 0 atom stereocenters. The van der Waals surface area contributed by atoms with Gasteiger partial charge in [-0.05, 0) is 46.3 Å². The van der Waals surface area contributed by atoms with Gasteiger partial charge >= 0.3 is 5.69 Å². The van der Waals surface area contributed by atoms with Crippen molar-refractivity contribution in [3.63, 3.8) is 0 Å². The normalized spacial score (nSPS) is 11.6. The number of imidazole rings is 1. The second kappa shape index (κ2) is 7.66. The van der Waals surface area contributed by atoms with Crippen molar-refractivity contribution in [3.05, 3.63) is 81.7 Å². The predicted molar refractivity (Wildman–Crippen MR) is 120 cm³/mol. The zero-order valence-electron chi connectivity index (χ0n) is 16.2. The zero-order valence-corrected chi connectivity index (χ0v) is 18.6. The summed E-state index contributed by atoms with van der Waals surface area (Å²) in [6.45, 7) is 0. The molecule has 4 aromatic rings. The molecule has 0 radical (unpaired) electrons. The molecule has 154 valence electrons. The van der Waals surface area contributed by atoms with E-state index in [9.17, 15) is 13.2 Å². The van der Waals surface area contributed by atoms with E-state index in [0.29, 0.717) is 21.3 Å². The first-order valence-corrected chi connectivity index (χ1v) is 11.3. The van der Waals surface area contributed by atoms with Crippen molar-refractivity contribution < 1.29 is 13.2 Å². The largest absolute Gasteiger partial charge is 0.455 e.